The van der Waals surface area contributed by atoms with E-state index in [4.69, 9.17) is 11.6 Å². The number of carbonyl (C=O) groups is 1. The lowest BCUT2D eigenvalue weighted by molar-refractivity contribution is -0.141. The number of ether oxygens (including phenoxy) is 1. The van der Waals surface area contributed by atoms with E-state index in [9.17, 15) is 4.79 Å². The molecule has 1 aromatic heterocycles. The third kappa shape index (κ3) is 4.74. The molecular formula is C14H20ClN3O2. The Balaban J connectivity index is 1.73. The molecule has 1 aromatic rings. The summed E-state index contributed by atoms with van der Waals surface area (Å²) in [5.74, 6) is -0.140. The monoisotopic (exact) mass is 297 g/mol. The third-order valence-corrected chi connectivity index (χ3v) is 3.73. The van der Waals surface area contributed by atoms with Gasteiger partial charge in [-0.15, -0.1) is 0 Å². The number of methoxy groups -OCH3 is 1. The van der Waals surface area contributed by atoms with Crippen LogP contribution >= 0.6 is 11.6 Å². The van der Waals surface area contributed by atoms with Gasteiger partial charge in [-0.3, -0.25) is 9.69 Å². The van der Waals surface area contributed by atoms with Crippen molar-refractivity contribution in [1.29, 1.82) is 0 Å². The van der Waals surface area contributed by atoms with Gasteiger partial charge in [-0.1, -0.05) is 11.6 Å². The van der Waals surface area contributed by atoms with Crippen LogP contribution in [-0.2, 0) is 16.1 Å². The molecule has 0 atom stereocenters. The van der Waals surface area contributed by atoms with Gasteiger partial charge in [0.15, 0.2) is 0 Å². The highest BCUT2D eigenvalue weighted by Crippen LogP contribution is 2.11. The molecular weight excluding hydrogens is 278 g/mol. The second-order valence-corrected chi connectivity index (χ2v) is 5.32. The Morgan fingerprint density at radius 3 is 2.70 bits per heavy atom. The summed E-state index contributed by atoms with van der Waals surface area (Å²) in [6, 6.07) is 3.90. The molecule has 6 heteroatoms. The van der Waals surface area contributed by atoms with Crippen molar-refractivity contribution in [1.82, 2.24) is 14.8 Å². The van der Waals surface area contributed by atoms with Crippen molar-refractivity contribution in [3.8, 4) is 0 Å². The first kappa shape index (κ1) is 15.2. The highest BCUT2D eigenvalue weighted by molar-refractivity contribution is 6.29. The van der Waals surface area contributed by atoms with Gasteiger partial charge in [0.2, 0.25) is 0 Å². The molecule has 0 unspecified atom stereocenters. The van der Waals surface area contributed by atoms with Crippen molar-refractivity contribution < 1.29 is 9.53 Å². The normalized spacial score (nSPS) is 17.1. The number of aromatic nitrogens is 1. The summed E-state index contributed by atoms with van der Waals surface area (Å²) in [6.45, 7) is 5.64. The Hall–Kier alpha value is -1.17. The van der Waals surface area contributed by atoms with Gasteiger partial charge in [-0.2, -0.15) is 0 Å². The van der Waals surface area contributed by atoms with Crippen molar-refractivity contribution in [3.05, 3.63) is 29.0 Å². The van der Waals surface area contributed by atoms with Gasteiger partial charge in [0.25, 0.3) is 0 Å². The molecule has 0 radical (unpaired) electrons. The Bertz CT molecular complexity index is 448. The largest absolute Gasteiger partial charge is 0.469 e. The Labute approximate surface area is 124 Å². The molecule has 0 amide bonds. The number of esters is 1. The van der Waals surface area contributed by atoms with Gasteiger partial charge in [-0.25, -0.2) is 4.98 Å². The fourth-order valence-electron chi connectivity index (χ4n) is 2.32. The van der Waals surface area contributed by atoms with Gasteiger partial charge >= 0.3 is 5.97 Å². The number of nitrogens with zero attached hydrogens (tertiary/aromatic N) is 3. The quantitative estimate of drug-likeness (QED) is 0.607. The van der Waals surface area contributed by atoms with Crippen molar-refractivity contribution in [3.63, 3.8) is 0 Å². The van der Waals surface area contributed by atoms with Crippen LogP contribution in [0.2, 0.25) is 5.15 Å². The van der Waals surface area contributed by atoms with Crippen LogP contribution in [0.4, 0.5) is 0 Å². The fraction of sp³-hybridized carbons (Fsp3) is 0.571. The van der Waals surface area contributed by atoms with Crippen LogP contribution in [0.5, 0.6) is 0 Å². The van der Waals surface area contributed by atoms with Gasteiger partial charge < -0.3 is 9.64 Å². The molecule has 110 valence electrons. The van der Waals surface area contributed by atoms with Crippen LogP contribution in [0.1, 0.15) is 12.0 Å². The summed E-state index contributed by atoms with van der Waals surface area (Å²) >= 11 is 5.89. The summed E-state index contributed by atoms with van der Waals surface area (Å²) in [6.07, 6.45) is 2.21. The minimum absolute atomic E-state index is 0.140. The van der Waals surface area contributed by atoms with E-state index < -0.39 is 0 Å². The van der Waals surface area contributed by atoms with Gasteiger partial charge in [0.1, 0.15) is 5.15 Å². The number of hydrogen-bond acceptors (Lipinski definition) is 5. The summed E-state index contributed by atoms with van der Waals surface area (Å²) in [7, 11) is 1.43. The SMILES string of the molecule is COC(=O)CCN1CCN(Cc2ccnc(Cl)c2)CC1. The molecule has 1 aliphatic heterocycles. The zero-order valence-corrected chi connectivity index (χ0v) is 12.5. The first-order valence-electron chi connectivity index (χ1n) is 6.79. The van der Waals surface area contributed by atoms with Crippen molar-refractivity contribution in [2.75, 3.05) is 39.8 Å². The maximum absolute atomic E-state index is 11.1. The Morgan fingerprint density at radius 1 is 1.35 bits per heavy atom. The number of carbonyl (C=O) groups excluding carboxylic acids is 1. The molecule has 0 bridgehead atoms. The van der Waals surface area contributed by atoms with Crippen molar-refractivity contribution in [2.24, 2.45) is 0 Å². The number of pyridine rings is 1. The van der Waals surface area contributed by atoms with E-state index in [1.54, 1.807) is 6.20 Å². The van der Waals surface area contributed by atoms with E-state index >= 15 is 0 Å². The molecule has 0 aromatic carbocycles. The maximum atomic E-state index is 11.1. The molecule has 0 spiro atoms. The molecule has 0 N–H and O–H groups in total. The zero-order valence-electron chi connectivity index (χ0n) is 11.7. The zero-order chi connectivity index (χ0) is 14.4. The summed E-state index contributed by atoms with van der Waals surface area (Å²) in [4.78, 5) is 19.8. The van der Waals surface area contributed by atoms with Gasteiger partial charge in [0, 0.05) is 45.5 Å². The Morgan fingerprint density at radius 2 is 2.05 bits per heavy atom. The van der Waals surface area contributed by atoms with E-state index in [0.717, 1.165) is 39.3 Å². The third-order valence-electron chi connectivity index (χ3n) is 3.52. The Kier molecular flexibility index (Phi) is 5.76. The molecule has 1 fully saturated rings. The molecule has 1 saturated heterocycles. The molecule has 0 aliphatic carbocycles. The van der Waals surface area contributed by atoms with Crippen molar-refractivity contribution >= 4 is 17.6 Å². The summed E-state index contributed by atoms with van der Waals surface area (Å²) in [5.41, 5.74) is 1.19. The smallest absolute Gasteiger partial charge is 0.306 e. The first-order chi connectivity index (χ1) is 9.67. The second-order valence-electron chi connectivity index (χ2n) is 4.93. The van der Waals surface area contributed by atoms with Crippen LogP contribution < -0.4 is 0 Å². The van der Waals surface area contributed by atoms with Crippen molar-refractivity contribution in [2.45, 2.75) is 13.0 Å². The summed E-state index contributed by atoms with van der Waals surface area (Å²) < 4.78 is 4.66. The predicted molar refractivity (Wildman–Crippen MR) is 77.6 cm³/mol. The highest BCUT2D eigenvalue weighted by atomic mass is 35.5. The average Bonchev–Trinajstić information content (AvgIpc) is 2.46. The lowest BCUT2D eigenvalue weighted by Gasteiger charge is -2.34. The van der Waals surface area contributed by atoms with Crippen LogP contribution in [-0.4, -0.2) is 60.6 Å². The summed E-state index contributed by atoms with van der Waals surface area (Å²) in [5, 5.41) is 0.541. The second kappa shape index (κ2) is 7.57. The van der Waals surface area contributed by atoms with Crippen LogP contribution in [0.15, 0.2) is 18.3 Å². The minimum atomic E-state index is -0.140. The maximum Gasteiger partial charge on any atom is 0.306 e. The fourth-order valence-corrected chi connectivity index (χ4v) is 2.52. The number of hydrogen-bond donors (Lipinski definition) is 0. The van der Waals surface area contributed by atoms with E-state index in [1.807, 2.05) is 12.1 Å². The van der Waals surface area contributed by atoms with E-state index in [-0.39, 0.29) is 5.97 Å². The van der Waals surface area contributed by atoms with E-state index in [2.05, 4.69) is 19.5 Å². The number of piperazine rings is 1. The minimum Gasteiger partial charge on any atom is -0.469 e. The molecule has 1 aliphatic rings. The first-order valence-corrected chi connectivity index (χ1v) is 7.17. The molecule has 20 heavy (non-hydrogen) atoms. The van der Waals surface area contributed by atoms with E-state index in [0.29, 0.717) is 11.6 Å². The highest BCUT2D eigenvalue weighted by Gasteiger charge is 2.17. The standard InChI is InChI=1S/C14H20ClN3O2/c1-20-14(19)3-5-17-6-8-18(9-7-17)11-12-2-4-16-13(15)10-12/h2,4,10H,3,5-9,11H2,1H3. The predicted octanol–water partition coefficient (Wildman–Crippen LogP) is 1.42. The lowest BCUT2D eigenvalue weighted by atomic mass is 10.2. The topological polar surface area (TPSA) is 45.7 Å². The van der Waals surface area contributed by atoms with Crippen LogP contribution in [0, 0.1) is 0 Å². The molecule has 0 saturated carbocycles. The number of halogens is 1. The van der Waals surface area contributed by atoms with E-state index in [1.165, 1.54) is 12.7 Å². The number of rotatable bonds is 5. The lowest BCUT2D eigenvalue weighted by Crippen LogP contribution is -2.46. The van der Waals surface area contributed by atoms with Crippen LogP contribution in [0.25, 0.3) is 0 Å². The molecule has 2 heterocycles. The van der Waals surface area contributed by atoms with Crippen LogP contribution in [0.3, 0.4) is 0 Å². The molecule has 5 nitrogen and oxygen atoms in total. The molecule has 2 rings (SSSR count). The van der Waals surface area contributed by atoms with Gasteiger partial charge in [0.05, 0.1) is 13.5 Å². The van der Waals surface area contributed by atoms with Gasteiger partial charge in [-0.05, 0) is 17.7 Å². The average molecular weight is 298 g/mol.